The lowest BCUT2D eigenvalue weighted by Gasteiger charge is -2.51. The monoisotopic (exact) mass is 650 g/mol. The molecule has 1 aromatic heterocycles. The molecule has 0 radical (unpaired) electrons. The second-order valence-corrected chi connectivity index (χ2v) is 13.6. The van der Waals surface area contributed by atoms with Crippen LogP contribution in [0.1, 0.15) is 56.1 Å². The van der Waals surface area contributed by atoms with Gasteiger partial charge in [0.05, 0.1) is 11.7 Å². The van der Waals surface area contributed by atoms with Crippen molar-refractivity contribution in [2.24, 2.45) is 5.41 Å². The molecule has 4 fully saturated rings. The number of H-pyrrole nitrogens is 1. The van der Waals surface area contributed by atoms with Crippen LogP contribution in [0.25, 0.3) is 10.9 Å². The molecule has 10 heteroatoms. The minimum Gasteiger partial charge on any atom is -0.391 e. The van der Waals surface area contributed by atoms with Gasteiger partial charge in [0, 0.05) is 60.0 Å². The molecule has 3 amide bonds. The Morgan fingerprint density at radius 1 is 1.05 bits per heavy atom. The maximum absolute atomic E-state index is 14.0. The number of para-hydroxylation sites is 1. The number of nitrogens with one attached hydrogen (secondary N) is 2. The number of carbonyl (C=O) groups is 3. The van der Waals surface area contributed by atoms with Crippen LogP contribution in [0, 0.1) is 5.41 Å². The van der Waals surface area contributed by atoms with E-state index >= 15 is 0 Å². The van der Waals surface area contributed by atoms with Crippen molar-refractivity contribution in [1.82, 2.24) is 20.1 Å². The van der Waals surface area contributed by atoms with E-state index in [1.54, 1.807) is 11.9 Å². The normalized spacial score (nSPS) is 27.3. The zero-order valence-electron chi connectivity index (χ0n) is 24.4. The molecule has 228 valence electrons. The number of aromatic nitrogens is 1. The second kappa shape index (κ2) is 11.7. The average Bonchev–Trinajstić information content (AvgIpc) is 3.61. The fourth-order valence-electron chi connectivity index (χ4n) is 7.29. The van der Waals surface area contributed by atoms with Gasteiger partial charge in [-0.15, -0.1) is 0 Å². The quantitative estimate of drug-likeness (QED) is 0.296. The Morgan fingerprint density at radius 3 is 2.44 bits per heavy atom. The largest absolute Gasteiger partial charge is 0.391 e. The summed E-state index contributed by atoms with van der Waals surface area (Å²) < 4.78 is 0.893. The number of hydrogen-bond acceptors (Lipinski definition) is 5. The maximum atomic E-state index is 14.0. The number of fused-ring (bicyclic) bond motifs is 4. The highest BCUT2D eigenvalue weighted by Crippen LogP contribution is 2.53. The molecule has 0 spiro atoms. The highest BCUT2D eigenvalue weighted by Gasteiger charge is 2.55. The first-order chi connectivity index (χ1) is 20.6. The highest BCUT2D eigenvalue weighted by atomic mass is 79.9. The molecule has 9 nitrogen and oxygen atoms in total. The average molecular weight is 652 g/mol. The van der Waals surface area contributed by atoms with E-state index in [4.69, 9.17) is 0 Å². The third-order valence-electron chi connectivity index (χ3n) is 9.96. The van der Waals surface area contributed by atoms with Crippen LogP contribution in [0.3, 0.4) is 0 Å². The topological polar surface area (TPSA) is 126 Å². The van der Waals surface area contributed by atoms with Crippen molar-refractivity contribution < 1.29 is 24.6 Å². The molecule has 7 rings (SSSR count). The van der Waals surface area contributed by atoms with Crippen molar-refractivity contribution in [2.75, 3.05) is 13.6 Å². The lowest BCUT2D eigenvalue weighted by atomic mass is 9.58. The van der Waals surface area contributed by atoms with Gasteiger partial charge in [0.25, 0.3) is 0 Å². The minimum atomic E-state index is -0.883. The molecule has 3 saturated carbocycles. The maximum Gasteiger partial charge on any atom is 0.245 e. The molecule has 3 aliphatic carbocycles. The van der Waals surface area contributed by atoms with Crippen molar-refractivity contribution in [1.29, 1.82) is 0 Å². The van der Waals surface area contributed by atoms with E-state index in [0.717, 1.165) is 26.5 Å². The Morgan fingerprint density at radius 2 is 1.72 bits per heavy atom. The fraction of sp³-hybridized carbons (Fsp3) is 0.485. The first kappa shape index (κ1) is 29.8. The lowest BCUT2D eigenvalue weighted by Crippen LogP contribution is -2.58. The zero-order valence-corrected chi connectivity index (χ0v) is 26.0. The summed E-state index contributed by atoms with van der Waals surface area (Å²) in [5.74, 6) is -0.795. The van der Waals surface area contributed by atoms with E-state index in [9.17, 15) is 24.6 Å². The highest BCUT2D eigenvalue weighted by molar-refractivity contribution is 9.10. The Balaban J connectivity index is 1.24. The predicted octanol–water partition coefficient (Wildman–Crippen LogP) is 3.66. The van der Waals surface area contributed by atoms with Gasteiger partial charge in [-0.25, -0.2) is 0 Å². The summed E-state index contributed by atoms with van der Waals surface area (Å²) in [7, 11) is 1.72. The van der Waals surface area contributed by atoms with Crippen LogP contribution < -0.4 is 5.32 Å². The first-order valence-electron chi connectivity index (χ1n) is 15.1. The van der Waals surface area contributed by atoms with Crippen LogP contribution in [0.4, 0.5) is 0 Å². The molecule has 2 aromatic carbocycles. The van der Waals surface area contributed by atoms with E-state index in [1.807, 2.05) is 54.7 Å². The van der Waals surface area contributed by atoms with Crippen molar-refractivity contribution >= 4 is 44.6 Å². The first-order valence-corrected chi connectivity index (χ1v) is 15.9. The van der Waals surface area contributed by atoms with Crippen molar-refractivity contribution in [3.8, 4) is 0 Å². The van der Waals surface area contributed by atoms with Crippen LogP contribution >= 0.6 is 15.9 Å². The third kappa shape index (κ3) is 5.84. The lowest BCUT2D eigenvalue weighted by molar-refractivity contribution is -0.161. The standard InChI is InChI=1S/C33H39BrN4O5/c1-37(19-21-6-2-4-8-25(21)34)30(41)27(16-22-18-35-26-9-5-3-7-24(22)26)36-29(40)28-17-23(39)20-38(28)31(42)32-10-13-33(43,14-11-32)15-12-32/h2-9,18,23,27-28,35,39,43H,10-17,19-20H2,1H3,(H,36,40). The van der Waals surface area contributed by atoms with Gasteiger partial charge in [0.15, 0.2) is 0 Å². The van der Waals surface area contributed by atoms with Gasteiger partial charge >= 0.3 is 0 Å². The van der Waals surface area contributed by atoms with Gasteiger partial charge in [-0.05, 0) is 61.8 Å². The van der Waals surface area contributed by atoms with Gasteiger partial charge in [-0.3, -0.25) is 14.4 Å². The summed E-state index contributed by atoms with van der Waals surface area (Å²) >= 11 is 3.56. The number of benzene rings is 2. The number of aliphatic hydroxyl groups excluding tert-OH is 1. The molecule has 4 aliphatic rings. The Labute approximate surface area is 259 Å². The molecular weight excluding hydrogens is 612 g/mol. The van der Waals surface area contributed by atoms with Crippen LogP contribution in [0.2, 0.25) is 0 Å². The Kier molecular flexibility index (Phi) is 8.12. The number of aromatic amines is 1. The zero-order chi connectivity index (χ0) is 30.4. The predicted molar refractivity (Wildman–Crippen MR) is 166 cm³/mol. The minimum absolute atomic E-state index is 0.0892. The number of nitrogens with zero attached hydrogens (tertiary/aromatic N) is 2. The smallest absolute Gasteiger partial charge is 0.245 e. The van der Waals surface area contributed by atoms with Gasteiger partial charge < -0.3 is 30.3 Å². The van der Waals surface area contributed by atoms with E-state index in [0.29, 0.717) is 45.1 Å². The molecule has 4 N–H and O–H groups in total. The van der Waals surface area contributed by atoms with Crippen LogP contribution in [-0.4, -0.2) is 80.1 Å². The molecule has 2 bridgehead atoms. The number of likely N-dealkylation sites (N-methyl/N-ethyl adjacent to an activating group) is 1. The molecule has 1 aliphatic heterocycles. The summed E-state index contributed by atoms with van der Waals surface area (Å²) in [5.41, 5.74) is 1.51. The van der Waals surface area contributed by atoms with Crippen molar-refractivity contribution in [3.05, 3.63) is 70.3 Å². The molecule has 3 unspecified atom stereocenters. The molecule has 1 saturated heterocycles. The Bertz CT molecular complexity index is 1510. The molecule has 3 aromatic rings. The third-order valence-corrected chi connectivity index (χ3v) is 10.7. The molecular formula is C33H39BrN4O5. The molecule has 43 heavy (non-hydrogen) atoms. The van der Waals surface area contributed by atoms with Gasteiger partial charge in [-0.1, -0.05) is 52.3 Å². The van der Waals surface area contributed by atoms with Gasteiger partial charge in [0.1, 0.15) is 12.1 Å². The fourth-order valence-corrected chi connectivity index (χ4v) is 7.70. The number of amides is 3. The Hall–Kier alpha value is -3.21. The number of hydrogen-bond donors (Lipinski definition) is 4. The number of halogens is 1. The van der Waals surface area contributed by atoms with Crippen molar-refractivity contribution in [3.63, 3.8) is 0 Å². The SMILES string of the molecule is CN(Cc1ccccc1Br)C(=O)C(Cc1c[nH]c2ccccc12)NC(=O)C1CC(O)CN1C(=O)C12CCC(O)(CC1)CC2. The number of likely N-dealkylation sites (tertiary alicyclic amines) is 1. The summed E-state index contributed by atoms with van der Waals surface area (Å²) in [4.78, 5) is 48.3. The number of carbonyl (C=O) groups excluding carboxylic acids is 3. The van der Waals surface area contributed by atoms with Crippen LogP contribution in [-0.2, 0) is 27.3 Å². The van der Waals surface area contributed by atoms with E-state index in [1.165, 1.54) is 4.90 Å². The van der Waals surface area contributed by atoms with Crippen molar-refractivity contribution in [2.45, 2.75) is 81.7 Å². The summed E-state index contributed by atoms with van der Waals surface area (Å²) in [5, 5.41) is 25.3. The van der Waals surface area contributed by atoms with Crippen LogP contribution in [0.5, 0.6) is 0 Å². The summed E-state index contributed by atoms with van der Waals surface area (Å²) in [6, 6.07) is 13.8. The number of aliphatic hydroxyl groups is 2. The second-order valence-electron chi connectivity index (χ2n) is 12.8. The van der Waals surface area contributed by atoms with Crippen LogP contribution in [0.15, 0.2) is 59.2 Å². The summed E-state index contributed by atoms with van der Waals surface area (Å²) in [6.07, 6.45) is 4.94. The van der Waals surface area contributed by atoms with E-state index in [-0.39, 0.29) is 31.2 Å². The van der Waals surface area contributed by atoms with E-state index < -0.39 is 35.1 Å². The molecule has 2 heterocycles. The number of rotatable bonds is 8. The number of β-amino-alcohol motifs (C(OH)–C–C–N with tert-alkyl or cyclic N) is 1. The van der Waals surface area contributed by atoms with E-state index in [2.05, 4.69) is 26.2 Å². The summed E-state index contributed by atoms with van der Waals surface area (Å²) in [6.45, 7) is 0.439. The van der Waals surface area contributed by atoms with Gasteiger partial charge in [0.2, 0.25) is 17.7 Å². The van der Waals surface area contributed by atoms with Gasteiger partial charge in [-0.2, -0.15) is 0 Å². The molecule has 3 atom stereocenters.